The van der Waals surface area contributed by atoms with Gasteiger partial charge in [0.2, 0.25) is 0 Å². The van der Waals surface area contributed by atoms with Crippen molar-refractivity contribution >= 4 is 12.1 Å². The Labute approximate surface area is 152 Å². The molecule has 0 saturated carbocycles. The minimum Gasteiger partial charge on any atom is -0.469 e. The third kappa shape index (κ3) is 5.98. The van der Waals surface area contributed by atoms with E-state index in [2.05, 4.69) is 9.47 Å². The van der Waals surface area contributed by atoms with E-state index in [1.54, 1.807) is 4.90 Å². The number of esters is 1. The fourth-order valence-corrected chi connectivity index (χ4v) is 2.83. The molecule has 0 bridgehead atoms. The van der Waals surface area contributed by atoms with Crippen LogP contribution in [0.15, 0.2) is 18.2 Å². The molecule has 150 valence electrons. The SMILES string of the molecule is COC(=O)C[C@H]1CN(C(=O)O)CCN1Cc1ccc(OC(F)(F)F)c(F)c1. The summed E-state index contributed by atoms with van der Waals surface area (Å²) >= 11 is 0. The van der Waals surface area contributed by atoms with Crippen LogP contribution in [-0.4, -0.2) is 66.1 Å². The molecule has 0 radical (unpaired) electrons. The Balaban J connectivity index is 2.12. The number of carbonyl (C=O) groups excluding carboxylic acids is 1. The number of halogens is 4. The molecule has 1 amide bonds. The Morgan fingerprint density at radius 1 is 1.30 bits per heavy atom. The topological polar surface area (TPSA) is 79.3 Å². The fourth-order valence-electron chi connectivity index (χ4n) is 2.83. The molecule has 27 heavy (non-hydrogen) atoms. The predicted octanol–water partition coefficient (Wildman–Crippen LogP) is 2.45. The number of alkyl halides is 3. The molecule has 0 aliphatic carbocycles. The number of piperazine rings is 1. The van der Waals surface area contributed by atoms with Crippen molar-refractivity contribution in [1.29, 1.82) is 0 Å². The molecule has 1 fully saturated rings. The predicted molar refractivity (Wildman–Crippen MR) is 83.5 cm³/mol. The molecule has 2 rings (SSSR count). The lowest BCUT2D eigenvalue weighted by atomic mass is 10.1. The van der Waals surface area contributed by atoms with Crippen LogP contribution in [-0.2, 0) is 16.1 Å². The number of benzene rings is 1. The largest absolute Gasteiger partial charge is 0.573 e. The molecule has 0 spiro atoms. The van der Waals surface area contributed by atoms with Crippen LogP contribution in [0.4, 0.5) is 22.4 Å². The summed E-state index contributed by atoms with van der Waals surface area (Å²) in [6.07, 6.45) is -6.19. The lowest BCUT2D eigenvalue weighted by Gasteiger charge is -2.40. The molecule has 0 aromatic heterocycles. The molecule has 11 heteroatoms. The van der Waals surface area contributed by atoms with Gasteiger partial charge < -0.3 is 19.5 Å². The minimum atomic E-state index is -5.00. The highest BCUT2D eigenvalue weighted by Gasteiger charge is 2.33. The van der Waals surface area contributed by atoms with Crippen LogP contribution in [0, 0.1) is 5.82 Å². The van der Waals surface area contributed by atoms with E-state index in [9.17, 15) is 27.2 Å². The number of hydrogen-bond acceptors (Lipinski definition) is 5. The number of carbonyl (C=O) groups is 2. The van der Waals surface area contributed by atoms with E-state index in [-0.39, 0.29) is 32.6 Å². The zero-order valence-corrected chi connectivity index (χ0v) is 14.3. The van der Waals surface area contributed by atoms with Gasteiger partial charge in [-0.05, 0) is 17.7 Å². The third-order valence-electron chi connectivity index (χ3n) is 4.11. The van der Waals surface area contributed by atoms with Gasteiger partial charge in [-0.15, -0.1) is 13.2 Å². The number of amides is 1. The lowest BCUT2D eigenvalue weighted by molar-refractivity contribution is -0.275. The Morgan fingerprint density at radius 2 is 2.00 bits per heavy atom. The van der Waals surface area contributed by atoms with Crippen LogP contribution in [0.2, 0.25) is 0 Å². The maximum atomic E-state index is 13.9. The molecule has 1 atom stereocenters. The molecule has 1 aliphatic heterocycles. The molecule has 0 unspecified atom stereocenters. The van der Waals surface area contributed by atoms with Gasteiger partial charge >= 0.3 is 18.4 Å². The van der Waals surface area contributed by atoms with Crippen LogP contribution in [0.3, 0.4) is 0 Å². The van der Waals surface area contributed by atoms with Crippen LogP contribution >= 0.6 is 0 Å². The van der Waals surface area contributed by atoms with E-state index in [4.69, 9.17) is 5.11 Å². The zero-order chi connectivity index (χ0) is 20.2. The van der Waals surface area contributed by atoms with Gasteiger partial charge in [0.05, 0.1) is 13.5 Å². The van der Waals surface area contributed by atoms with E-state index >= 15 is 0 Å². The van der Waals surface area contributed by atoms with E-state index in [1.165, 1.54) is 13.2 Å². The number of ether oxygens (including phenoxy) is 2. The van der Waals surface area contributed by atoms with Gasteiger partial charge in [0.15, 0.2) is 11.6 Å². The average molecular weight is 394 g/mol. The highest BCUT2D eigenvalue weighted by atomic mass is 19.4. The second-order valence-electron chi connectivity index (χ2n) is 5.95. The van der Waals surface area contributed by atoms with Crippen molar-refractivity contribution in [2.45, 2.75) is 25.4 Å². The zero-order valence-electron chi connectivity index (χ0n) is 14.3. The Hall–Kier alpha value is -2.56. The summed E-state index contributed by atoms with van der Waals surface area (Å²) in [5.74, 6) is -2.64. The summed E-state index contributed by atoms with van der Waals surface area (Å²) in [6, 6.07) is 2.57. The van der Waals surface area contributed by atoms with Crippen LogP contribution in [0.1, 0.15) is 12.0 Å². The Morgan fingerprint density at radius 3 is 2.56 bits per heavy atom. The van der Waals surface area contributed by atoms with Gasteiger partial charge in [-0.3, -0.25) is 9.69 Å². The van der Waals surface area contributed by atoms with Gasteiger partial charge in [-0.2, -0.15) is 0 Å². The molecule has 1 N–H and O–H groups in total. The van der Waals surface area contributed by atoms with Crippen molar-refractivity contribution in [3.63, 3.8) is 0 Å². The van der Waals surface area contributed by atoms with Crippen molar-refractivity contribution in [2.75, 3.05) is 26.7 Å². The summed E-state index contributed by atoms with van der Waals surface area (Å²) in [7, 11) is 1.21. The van der Waals surface area contributed by atoms with Gasteiger partial charge in [-0.25, -0.2) is 9.18 Å². The highest BCUT2D eigenvalue weighted by Crippen LogP contribution is 2.27. The smallest absolute Gasteiger partial charge is 0.469 e. The van der Waals surface area contributed by atoms with Crippen LogP contribution < -0.4 is 4.74 Å². The van der Waals surface area contributed by atoms with Crippen molar-refractivity contribution in [1.82, 2.24) is 9.80 Å². The van der Waals surface area contributed by atoms with Crippen molar-refractivity contribution in [3.05, 3.63) is 29.6 Å². The van der Waals surface area contributed by atoms with Gasteiger partial charge in [-0.1, -0.05) is 6.07 Å². The maximum Gasteiger partial charge on any atom is 0.573 e. The van der Waals surface area contributed by atoms with Crippen molar-refractivity contribution in [2.24, 2.45) is 0 Å². The van der Waals surface area contributed by atoms with E-state index < -0.39 is 36.0 Å². The summed E-state index contributed by atoms with van der Waals surface area (Å²) in [5.41, 5.74) is 0.362. The number of methoxy groups -OCH3 is 1. The quantitative estimate of drug-likeness (QED) is 0.611. The highest BCUT2D eigenvalue weighted by molar-refractivity contribution is 5.70. The molecule has 1 aromatic rings. The van der Waals surface area contributed by atoms with E-state index in [0.717, 1.165) is 17.0 Å². The molecule has 7 nitrogen and oxygen atoms in total. The minimum absolute atomic E-state index is 0.0577. The van der Waals surface area contributed by atoms with E-state index in [1.807, 2.05) is 0 Å². The van der Waals surface area contributed by atoms with Crippen LogP contribution in [0.5, 0.6) is 5.75 Å². The van der Waals surface area contributed by atoms with Gasteiger partial charge in [0.25, 0.3) is 0 Å². The molecule has 1 aromatic carbocycles. The standard InChI is InChI=1S/C16H18F4N2O5/c1-26-14(23)7-11-9-22(15(24)25)5-4-21(11)8-10-2-3-13(12(17)6-10)27-16(18,19)20/h2-3,6,11H,4-5,7-9H2,1H3,(H,24,25)/t11-/m0/s1. The van der Waals surface area contributed by atoms with Gasteiger partial charge in [0.1, 0.15) is 0 Å². The van der Waals surface area contributed by atoms with E-state index in [0.29, 0.717) is 5.56 Å². The number of carboxylic acid groups (broad SMARTS) is 1. The second-order valence-corrected chi connectivity index (χ2v) is 5.95. The monoisotopic (exact) mass is 394 g/mol. The fraction of sp³-hybridized carbons (Fsp3) is 0.500. The van der Waals surface area contributed by atoms with Crippen molar-refractivity contribution < 1.29 is 41.7 Å². The number of rotatable bonds is 5. The average Bonchev–Trinajstić information content (AvgIpc) is 2.57. The third-order valence-corrected chi connectivity index (χ3v) is 4.11. The first kappa shape index (κ1) is 20.7. The first-order chi connectivity index (χ1) is 12.6. The first-order valence-corrected chi connectivity index (χ1v) is 7.92. The summed E-state index contributed by atoms with van der Waals surface area (Å²) in [4.78, 5) is 25.7. The second kappa shape index (κ2) is 8.42. The summed E-state index contributed by atoms with van der Waals surface area (Å²) in [5, 5.41) is 9.12. The molecule has 1 heterocycles. The summed E-state index contributed by atoms with van der Waals surface area (Å²) < 4.78 is 58.7. The molecular weight excluding hydrogens is 376 g/mol. The maximum absolute atomic E-state index is 13.9. The normalized spacial score (nSPS) is 18.3. The van der Waals surface area contributed by atoms with Crippen LogP contribution in [0.25, 0.3) is 0 Å². The summed E-state index contributed by atoms with van der Waals surface area (Å²) in [6.45, 7) is 0.641. The lowest BCUT2D eigenvalue weighted by Crippen LogP contribution is -2.54. The Kier molecular flexibility index (Phi) is 6.47. The Bertz CT molecular complexity index is 698. The molecule has 1 saturated heterocycles. The molecule has 1 aliphatic rings. The number of nitrogens with zero attached hydrogens (tertiary/aromatic N) is 2. The van der Waals surface area contributed by atoms with Crippen molar-refractivity contribution in [3.8, 4) is 5.75 Å². The first-order valence-electron chi connectivity index (χ1n) is 7.92. The van der Waals surface area contributed by atoms with Gasteiger partial charge in [0, 0.05) is 32.2 Å². The molecular formula is C16H18F4N2O5. The number of hydrogen-bond donors (Lipinski definition) is 1.